The molecule has 0 saturated heterocycles. The molecule has 0 atom stereocenters. The lowest BCUT2D eigenvalue weighted by Crippen LogP contribution is -1.99. The molecule has 0 amide bonds. The lowest BCUT2D eigenvalue weighted by molar-refractivity contribution is 0.598. The van der Waals surface area contributed by atoms with Crippen molar-refractivity contribution in [3.63, 3.8) is 0 Å². The molecule has 0 unspecified atom stereocenters. The Hall–Kier alpha value is -0.320. The molecule has 0 aliphatic rings. The van der Waals surface area contributed by atoms with Gasteiger partial charge in [0.1, 0.15) is 5.82 Å². The van der Waals surface area contributed by atoms with E-state index in [1.54, 1.807) is 0 Å². The van der Waals surface area contributed by atoms with Gasteiger partial charge in [0.2, 0.25) is 0 Å². The Morgan fingerprint density at radius 3 is 2.21 bits per heavy atom. The van der Waals surface area contributed by atoms with Crippen molar-refractivity contribution in [3.05, 3.63) is 28.0 Å². The summed E-state index contributed by atoms with van der Waals surface area (Å²) in [6.07, 6.45) is 0. The maximum atomic E-state index is 13.1. The van der Waals surface area contributed by atoms with Gasteiger partial charge in [-0.05, 0) is 25.5 Å². The third-order valence-electron chi connectivity index (χ3n) is 1.91. The molecule has 0 fully saturated rings. The molecule has 0 aliphatic carbocycles. The molecule has 2 nitrogen and oxygen atoms in total. The summed E-state index contributed by atoms with van der Waals surface area (Å²) in [7, 11) is 1.16. The van der Waals surface area contributed by atoms with Crippen LogP contribution in [0.15, 0.2) is 11.0 Å². The Labute approximate surface area is 91.1 Å². The van der Waals surface area contributed by atoms with E-state index in [0.717, 1.165) is 6.07 Å². The van der Waals surface area contributed by atoms with Gasteiger partial charge >= 0.3 is 0 Å². The molecule has 0 aromatic heterocycles. The first-order chi connectivity index (χ1) is 6.25. The number of hydrogen-bond donors (Lipinski definition) is 0. The summed E-state index contributed by atoms with van der Waals surface area (Å²) in [4.78, 5) is -0.285. The second kappa shape index (κ2) is 3.68. The van der Waals surface area contributed by atoms with Crippen LogP contribution in [0, 0.1) is 19.7 Å². The minimum atomic E-state index is -3.95. The third-order valence-corrected chi connectivity index (χ3v) is 3.92. The number of benzene rings is 1. The van der Waals surface area contributed by atoms with Crippen LogP contribution < -0.4 is 0 Å². The number of halogens is 3. The van der Waals surface area contributed by atoms with Gasteiger partial charge in [0.05, 0.1) is 9.92 Å². The van der Waals surface area contributed by atoms with Crippen molar-refractivity contribution in [1.29, 1.82) is 0 Å². The van der Waals surface area contributed by atoms with Crippen LogP contribution in [0.1, 0.15) is 11.1 Å². The molecule has 78 valence electrons. The molecule has 14 heavy (non-hydrogen) atoms. The van der Waals surface area contributed by atoms with Crippen LogP contribution in [-0.4, -0.2) is 8.42 Å². The lowest BCUT2D eigenvalue weighted by Gasteiger charge is -2.07. The van der Waals surface area contributed by atoms with Gasteiger partial charge in [0.15, 0.2) is 0 Å². The second-order valence-corrected chi connectivity index (χ2v) is 5.77. The predicted molar refractivity (Wildman–Crippen MR) is 53.9 cm³/mol. The van der Waals surface area contributed by atoms with Crippen molar-refractivity contribution >= 4 is 31.3 Å². The molecule has 0 bridgehead atoms. The minimum absolute atomic E-state index is 0.0872. The van der Waals surface area contributed by atoms with Gasteiger partial charge < -0.3 is 0 Å². The first-order valence-corrected chi connectivity index (χ1v) is 6.33. The van der Waals surface area contributed by atoms with Crippen molar-refractivity contribution < 1.29 is 12.8 Å². The van der Waals surface area contributed by atoms with E-state index in [1.165, 1.54) is 13.8 Å². The normalized spacial score (nSPS) is 11.8. The van der Waals surface area contributed by atoms with Crippen LogP contribution >= 0.6 is 22.3 Å². The molecule has 1 aromatic carbocycles. The first kappa shape index (κ1) is 11.8. The van der Waals surface area contributed by atoms with Gasteiger partial charge in [-0.2, -0.15) is 0 Å². The van der Waals surface area contributed by atoms with E-state index in [9.17, 15) is 12.8 Å². The Morgan fingerprint density at radius 1 is 1.29 bits per heavy atom. The van der Waals surface area contributed by atoms with Crippen molar-refractivity contribution in [2.45, 2.75) is 18.7 Å². The first-order valence-electron chi connectivity index (χ1n) is 3.65. The molecular weight excluding hydrogens is 250 g/mol. The summed E-state index contributed by atoms with van der Waals surface area (Å²) in [5, 5.41) is 0.0872. The molecule has 0 heterocycles. The van der Waals surface area contributed by atoms with E-state index in [1.807, 2.05) is 0 Å². The molecule has 0 N–H and O–H groups in total. The van der Waals surface area contributed by atoms with Gasteiger partial charge in [-0.3, -0.25) is 0 Å². The van der Waals surface area contributed by atoms with Gasteiger partial charge in [-0.25, -0.2) is 12.8 Å². The summed E-state index contributed by atoms with van der Waals surface area (Å²) in [5.41, 5.74) is 0.480. The van der Waals surface area contributed by atoms with Crippen molar-refractivity contribution in [1.82, 2.24) is 0 Å². The SMILES string of the molecule is Cc1c(F)cc(S(=O)(=O)Cl)c(C)c1Cl. The molecule has 0 aliphatic heterocycles. The quantitative estimate of drug-likeness (QED) is 0.724. The fourth-order valence-electron chi connectivity index (χ4n) is 1.08. The maximum Gasteiger partial charge on any atom is 0.261 e. The van der Waals surface area contributed by atoms with E-state index in [-0.39, 0.29) is 21.0 Å². The molecule has 0 radical (unpaired) electrons. The number of hydrogen-bond acceptors (Lipinski definition) is 2. The Balaban J connectivity index is 3.66. The molecule has 1 aromatic rings. The molecule has 1 rings (SSSR count). The highest BCUT2D eigenvalue weighted by molar-refractivity contribution is 8.13. The van der Waals surface area contributed by atoms with E-state index in [4.69, 9.17) is 22.3 Å². The largest absolute Gasteiger partial charge is 0.261 e. The smallest absolute Gasteiger partial charge is 0.207 e. The fraction of sp³-hybridized carbons (Fsp3) is 0.250. The molecular formula is C8H7Cl2FO2S. The van der Waals surface area contributed by atoms with Crippen LogP contribution in [0.3, 0.4) is 0 Å². The van der Waals surface area contributed by atoms with Crippen molar-refractivity contribution in [3.8, 4) is 0 Å². The zero-order chi connectivity index (χ0) is 11.1. The predicted octanol–water partition coefficient (Wildman–Crippen LogP) is 3.02. The Morgan fingerprint density at radius 2 is 1.79 bits per heavy atom. The monoisotopic (exact) mass is 256 g/mol. The van der Waals surface area contributed by atoms with Crippen LogP contribution in [0.2, 0.25) is 5.02 Å². The van der Waals surface area contributed by atoms with Crippen LogP contribution in [0.4, 0.5) is 4.39 Å². The molecule has 0 saturated carbocycles. The maximum absolute atomic E-state index is 13.1. The highest BCUT2D eigenvalue weighted by atomic mass is 35.7. The van der Waals surface area contributed by atoms with Gasteiger partial charge in [-0.1, -0.05) is 11.6 Å². The highest BCUT2D eigenvalue weighted by Gasteiger charge is 2.19. The number of rotatable bonds is 1. The van der Waals surface area contributed by atoms with E-state index in [2.05, 4.69) is 0 Å². The highest BCUT2D eigenvalue weighted by Crippen LogP contribution is 2.30. The molecule has 0 spiro atoms. The topological polar surface area (TPSA) is 34.1 Å². The summed E-state index contributed by atoms with van der Waals surface area (Å²) in [5.74, 6) is -0.681. The second-order valence-electron chi connectivity index (χ2n) is 2.86. The van der Waals surface area contributed by atoms with E-state index >= 15 is 0 Å². The van der Waals surface area contributed by atoms with Crippen molar-refractivity contribution in [2.75, 3.05) is 0 Å². The summed E-state index contributed by atoms with van der Waals surface area (Å²) < 4.78 is 35.2. The Bertz CT molecular complexity index is 483. The average Bonchev–Trinajstić information content (AvgIpc) is 2.06. The molecule has 6 heteroatoms. The Kier molecular flexibility index (Phi) is 3.09. The summed E-state index contributed by atoms with van der Waals surface area (Å²) in [6.45, 7) is 2.94. The van der Waals surface area contributed by atoms with Crippen LogP contribution in [0.5, 0.6) is 0 Å². The van der Waals surface area contributed by atoms with Crippen LogP contribution in [0.25, 0.3) is 0 Å². The fourth-order valence-corrected chi connectivity index (χ4v) is 2.52. The summed E-state index contributed by atoms with van der Waals surface area (Å²) >= 11 is 5.73. The average molecular weight is 257 g/mol. The van der Waals surface area contributed by atoms with Gasteiger partial charge in [0, 0.05) is 16.2 Å². The zero-order valence-corrected chi connectivity index (χ0v) is 9.76. The van der Waals surface area contributed by atoms with Gasteiger partial charge in [0.25, 0.3) is 9.05 Å². The minimum Gasteiger partial charge on any atom is -0.207 e. The standard InChI is InChI=1S/C8H7Cl2FO2S/c1-4-6(11)3-7(14(10,12)13)5(2)8(4)9/h3H,1-2H3. The summed E-state index contributed by atoms with van der Waals surface area (Å²) in [6, 6.07) is 0.874. The van der Waals surface area contributed by atoms with Crippen LogP contribution in [-0.2, 0) is 9.05 Å². The zero-order valence-electron chi connectivity index (χ0n) is 7.44. The third kappa shape index (κ3) is 2.02. The van der Waals surface area contributed by atoms with E-state index in [0.29, 0.717) is 0 Å². The van der Waals surface area contributed by atoms with E-state index < -0.39 is 14.9 Å². The van der Waals surface area contributed by atoms with Gasteiger partial charge in [-0.15, -0.1) is 0 Å². The lowest BCUT2D eigenvalue weighted by atomic mass is 10.1. The van der Waals surface area contributed by atoms with Crippen molar-refractivity contribution in [2.24, 2.45) is 0 Å².